The van der Waals surface area contributed by atoms with Crippen LogP contribution in [0.1, 0.15) is 16.7 Å². The average Bonchev–Trinajstić information content (AvgIpc) is 2.86. The molecule has 0 N–H and O–H groups in total. The number of aryl methyl sites for hydroxylation is 4. The third-order valence-corrected chi connectivity index (χ3v) is 4.63. The molecule has 0 aliphatic carbocycles. The first-order valence-electron chi connectivity index (χ1n) is 8.25. The molecule has 23 heavy (non-hydrogen) atoms. The predicted molar refractivity (Wildman–Crippen MR) is 99.1 cm³/mol. The van der Waals surface area contributed by atoms with Crippen molar-refractivity contribution in [2.45, 2.75) is 26.8 Å². The highest BCUT2D eigenvalue weighted by molar-refractivity contribution is 6.08. The Bertz CT molecular complexity index is 991. The smallest absolute Gasteiger partial charge is 0.0491 e. The van der Waals surface area contributed by atoms with Crippen LogP contribution in [0.5, 0.6) is 0 Å². The molecule has 3 aromatic carbocycles. The van der Waals surface area contributed by atoms with Crippen molar-refractivity contribution in [2.24, 2.45) is 0 Å². The van der Waals surface area contributed by atoms with Gasteiger partial charge in [0.1, 0.15) is 0 Å². The van der Waals surface area contributed by atoms with Crippen LogP contribution in [-0.4, -0.2) is 4.57 Å². The van der Waals surface area contributed by atoms with E-state index in [-0.39, 0.29) is 0 Å². The fourth-order valence-electron chi connectivity index (χ4n) is 3.52. The van der Waals surface area contributed by atoms with E-state index in [1.807, 2.05) is 0 Å². The number of nitrogens with zero attached hydrogens (tertiary/aromatic N) is 1. The van der Waals surface area contributed by atoms with Crippen LogP contribution in [-0.2, 0) is 13.0 Å². The summed E-state index contributed by atoms with van der Waals surface area (Å²) in [7, 11) is 0. The van der Waals surface area contributed by atoms with Gasteiger partial charge in [-0.3, -0.25) is 0 Å². The maximum Gasteiger partial charge on any atom is 0.0491 e. The number of hydrogen-bond donors (Lipinski definition) is 0. The van der Waals surface area contributed by atoms with Crippen LogP contribution >= 0.6 is 0 Å². The largest absolute Gasteiger partial charge is 0.340 e. The second kappa shape index (κ2) is 5.58. The van der Waals surface area contributed by atoms with Gasteiger partial charge in [0.2, 0.25) is 0 Å². The van der Waals surface area contributed by atoms with Crippen molar-refractivity contribution >= 4 is 21.8 Å². The van der Waals surface area contributed by atoms with Gasteiger partial charge in [0.05, 0.1) is 0 Å². The standard InChI is InChI=1S/C22H21N/c1-16-6-5-7-18(14-16)12-13-23-21-9-4-3-8-19(21)20-15-17(2)10-11-22(20)23/h3-11,14-15H,12-13H2,1-2H3. The zero-order chi connectivity index (χ0) is 15.8. The molecule has 114 valence electrons. The summed E-state index contributed by atoms with van der Waals surface area (Å²) in [6.07, 6.45) is 1.06. The van der Waals surface area contributed by atoms with Gasteiger partial charge in [0.15, 0.2) is 0 Å². The third-order valence-electron chi connectivity index (χ3n) is 4.63. The molecule has 0 radical (unpaired) electrons. The Morgan fingerprint density at radius 2 is 1.48 bits per heavy atom. The topological polar surface area (TPSA) is 4.93 Å². The molecule has 0 spiro atoms. The Balaban J connectivity index is 1.81. The van der Waals surface area contributed by atoms with E-state index in [1.54, 1.807) is 0 Å². The zero-order valence-corrected chi connectivity index (χ0v) is 13.7. The Morgan fingerprint density at radius 1 is 0.696 bits per heavy atom. The quantitative estimate of drug-likeness (QED) is 0.460. The minimum absolute atomic E-state index is 1.01. The van der Waals surface area contributed by atoms with E-state index in [0.29, 0.717) is 0 Å². The normalized spacial score (nSPS) is 11.4. The summed E-state index contributed by atoms with van der Waals surface area (Å²) in [6, 6.07) is 24.4. The minimum atomic E-state index is 1.01. The Hall–Kier alpha value is -2.54. The van der Waals surface area contributed by atoms with Gasteiger partial charge < -0.3 is 4.57 Å². The summed E-state index contributed by atoms with van der Waals surface area (Å²) in [5.41, 5.74) is 6.73. The second-order valence-corrected chi connectivity index (χ2v) is 6.43. The molecule has 0 aliphatic heterocycles. The van der Waals surface area contributed by atoms with Crippen molar-refractivity contribution in [1.82, 2.24) is 4.57 Å². The zero-order valence-electron chi connectivity index (χ0n) is 13.7. The van der Waals surface area contributed by atoms with Gasteiger partial charge in [0, 0.05) is 28.4 Å². The number of fused-ring (bicyclic) bond motifs is 3. The van der Waals surface area contributed by atoms with E-state index in [4.69, 9.17) is 0 Å². The Labute approximate surface area is 137 Å². The van der Waals surface area contributed by atoms with Gasteiger partial charge in [-0.25, -0.2) is 0 Å². The third kappa shape index (κ3) is 2.53. The molecule has 0 saturated heterocycles. The maximum atomic E-state index is 2.46. The number of aromatic nitrogens is 1. The molecule has 4 rings (SSSR count). The van der Waals surface area contributed by atoms with Crippen LogP contribution in [0.4, 0.5) is 0 Å². The molecule has 0 aliphatic rings. The summed E-state index contributed by atoms with van der Waals surface area (Å²) in [4.78, 5) is 0. The number of hydrogen-bond acceptors (Lipinski definition) is 0. The van der Waals surface area contributed by atoms with E-state index >= 15 is 0 Å². The lowest BCUT2D eigenvalue weighted by atomic mass is 10.1. The van der Waals surface area contributed by atoms with E-state index in [1.165, 1.54) is 38.5 Å². The SMILES string of the molecule is Cc1cccc(CCn2c3ccccc3c3cc(C)ccc32)c1. The van der Waals surface area contributed by atoms with Gasteiger partial charge in [-0.1, -0.05) is 59.7 Å². The molecule has 0 atom stereocenters. The molecule has 0 saturated carbocycles. The predicted octanol–water partition coefficient (Wildman–Crippen LogP) is 5.65. The molecule has 0 unspecified atom stereocenters. The average molecular weight is 299 g/mol. The van der Waals surface area contributed by atoms with Crippen LogP contribution < -0.4 is 0 Å². The van der Waals surface area contributed by atoms with Crippen molar-refractivity contribution in [2.75, 3.05) is 0 Å². The minimum Gasteiger partial charge on any atom is -0.340 e. The van der Waals surface area contributed by atoms with Crippen molar-refractivity contribution in [3.8, 4) is 0 Å². The number of benzene rings is 3. The molecule has 1 heteroatoms. The maximum absolute atomic E-state index is 2.46. The first-order valence-corrected chi connectivity index (χ1v) is 8.25. The number of rotatable bonds is 3. The van der Waals surface area contributed by atoms with Crippen molar-refractivity contribution in [1.29, 1.82) is 0 Å². The van der Waals surface area contributed by atoms with Crippen LogP contribution in [0, 0.1) is 13.8 Å². The molecule has 0 bridgehead atoms. The van der Waals surface area contributed by atoms with Crippen LogP contribution in [0.15, 0.2) is 66.7 Å². The second-order valence-electron chi connectivity index (χ2n) is 6.43. The highest BCUT2D eigenvalue weighted by atomic mass is 15.0. The Kier molecular flexibility index (Phi) is 3.42. The van der Waals surface area contributed by atoms with Crippen molar-refractivity contribution < 1.29 is 0 Å². The van der Waals surface area contributed by atoms with Gasteiger partial charge in [-0.05, 0) is 44.0 Å². The first kappa shape index (κ1) is 14.1. The van der Waals surface area contributed by atoms with Gasteiger partial charge in [0.25, 0.3) is 0 Å². The fraction of sp³-hybridized carbons (Fsp3) is 0.182. The van der Waals surface area contributed by atoms with E-state index in [2.05, 4.69) is 85.1 Å². The summed E-state index contributed by atoms with van der Waals surface area (Å²) in [5, 5.41) is 2.72. The van der Waals surface area contributed by atoms with Crippen molar-refractivity contribution in [3.63, 3.8) is 0 Å². The lowest BCUT2D eigenvalue weighted by molar-refractivity contribution is 0.744. The number of para-hydroxylation sites is 1. The molecular formula is C22H21N. The molecule has 0 fully saturated rings. The molecule has 1 nitrogen and oxygen atoms in total. The van der Waals surface area contributed by atoms with Gasteiger partial charge in [-0.15, -0.1) is 0 Å². The van der Waals surface area contributed by atoms with Crippen LogP contribution in [0.25, 0.3) is 21.8 Å². The first-order chi connectivity index (χ1) is 11.2. The van der Waals surface area contributed by atoms with Crippen molar-refractivity contribution in [3.05, 3.63) is 83.4 Å². The molecule has 0 amide bonds. The van der Waals surface area contributed by atoms with Crippen LogP contribution in [0.2, 0.25) is 0 Å². The fourth-order valence-corrected chi connectivity index (χ4v) is 3.52. The lowest BCUT2D eigenvalue weighted by Crippen LogP contribution is -2.01. The molecule has 4 aromatic rings. The summed E-state index contributed by atoms with van der Waals surface area (Å²) >= 11 is 0. The lowest BCUT2D eigenvalue weighted by Gasteiger charge is -2.08. The summed E-state index contributed by atoms with van der Waals surface area (Å²) in [5.74, 6) is 0. The summed E-state index contributed by atoms with van der Waals surface area (Å²) in [6.45, 7) is 5.33. The summed E-state index contributed by atoms with van der Waals surface area (Å²) < 4.78 is 2.46. The monoisotopic (exact) mass is 299 g/mol. The molecule has 1 heterocycles. The highest BCUT2D eigenvalue weighted by Crippen LogP contribution is 2.29. The molecule has 1 aromatic heterocycles. The Morgan fingerprint density at radius 3 is 2.35 bits per heavy atom. The van der Waals surface area contributed by atoms with E-state index in [0.717, 1.165) is 13.0 Å². The van der Waals surface area contributed by atoms with Gasteiger partial charge in [-0.2, -0.15) is 0 Å². The van der Waals surface area contributed by atoms with Crippen LogP contribution in [0.3, 0.4) is 0 Å². The highest BCUT2D eigenvalue weighted by Gasteiger charge is 2.10. The van der Waals surface area contributed by atoms with E-state index < -0.39 is 0 Å². The van der Waals surface area contributed by atoms with Gasteiger partial charge >= 0.3 is 0 Å². The van der Waals surface area contributed by atoms with E-state index in [9.17, 15) is 0 Å². The molecular weight excluding hydrogens is 278 g/mol.